The molecule has 20 heavy (non-hydrogen) atoms. The van der Waals surface area contributed by atoms with E-state index < -0.39 is 0 Å². The standard InChI is InChI=1S/C16H25NO2.CH4/c1-12(2)10-17-16(18)9-14-5-7-15(8-6-14)11-19-13(3)4;/h5-8,12-13H,9-11H2,1-4H3,(H,17,18);1H4. The van der Waals surface area contributed by atoms with Gasteiger partial charge in [-0.25, -0.2) is 0 Å². The van der Waals surface area contributed by atoms with Gasteiger partial charge in [-0.2, -0.15) is 0 Å². The van der Waals surface area contributed by atoms with Crippen LogP contribution in [0.5, 0.6) is 0 Å². The number of rotatable bonds is 7. The summed E-state index contributed by atoms with van der Waals surface area (Å²) in [7, 11) is 0. The molecule has 1 N–H and O–H groups in total. The lowest BCUT2D eigenvalue weighted by atomic mass is 10.1. The lowest BCUT2D eigenvalue weighted by molar-refractivity contribution is -0.120. The van der Waals surface area contributed by atoms with E-state index in [1.165, 1.54) is 0 Å². The highest BCUT2D eigenvalue weighted by Crippen LogP contribution is 2.07. The maximum Gasteiger partial charge on any atom is 0.224 e. The Balaban J connectivity index is 0.00000361. The molecule has 1 rings (SSSR count). The van der Waals surface area contributed by atoms with Crippen molar-refractivity contribution >= 4 is 5.91 Å². The summed E-state index contributed by atoms with van der Waals surface area (Å²) >= 11 is 0. The van der Waals surface area contributed by atoms with Crippen LogP contribution in [0.3, 0.4) is 0 Å². The first kappa shape index (κ1) is 18.7. The number of hydrogen-bond donors (Lipinski definition) is 1. The Bertz CT molecular complexity index is 382. The molecule has 3 nitrogen and oxygen atoms in total. The molecule has 114 valence electrons. The summed E-state index contributed by atoms with van der Waals surface area (Å²) in [6.07, 6.45) is 0.680. The molecule has 0 aliphatic heterocycles. The van der Waals surface area contributed by atoms with Crippen LogP contribution in [-0.2, 0) is 22.6 Å². The molecule has 0 atom stereocenters. The van der Waals surface area contributed by atoms with Gasteiger partial charge in [0.25, 0.3) is 0 Å². The normalized spacial score (nSPS) is 10.5. The van der Waals surface area contributed by atoms with Gasteiger partial charge in [0.1, 0.15) is 0 Å². The summed E-state index contributed by atoms with van der Waals surface area (Å²) in [5, 5.41) is 2.92. The Morgan fingerprint density at radius 1 is 1.10 bits per heavy atom. The molecule has 0 unspecified atom stereocenters. The molecule has 0 saturated heterocycles. The van der Waals surface area contributed by atoms with E-state index in [4.69, 9.17) is 4.74 Å². The molecule has 0 radical (unpaired) electrons. The van der Waals surface area contributed by atoms with Gasteiger partial charge in [0, 0.05) is 6.54 Å². The van der Waals surface area contributed by atoms with Gasteiger partial charge >= 0.3 is 0 Å². The number of amides is 1. The second kappa shape index (κ2) is 9.54. The van der Waals surface area contributed by atoms with Crippen LogP contribution in [0.2, 0.25) is 0 Å². The zero-order valence-corrected chi connectivity index (χ0v) is 12.4. The van der Waals surface area contributed by atoms with E-state index in [0.29, 0.717) is 18.9 Å². The molecule has 1 aromatic carbocycles. The number of carbonyl (C=O) groups is 1. The molecule has 0 fully saturated rings. The van der Waals surface area contributed by atoms with Crippen molar-refractivity contribution in [2.24, 2.45) is 5.92 Å². The number of ether oxygens (including phenoxy) is 1. The second-order valence-corrected chi connectivity index (χ2v) is 5.55. The fourth-order valence-electron chi connectivity index (χ4n) is 1.58. The van der Waals surface area contributed by atoms with Gasteiger partial charge in [-0.15, -0.1) is 0 Å². The molecule has 0 bridgehead atoms. The van der Waals surface area contributed by atoms with Crippen LogP contribution in [0.1, 0.15) is 46.2 Å². The van der Waals surface area contributed by atoms with E-state index in [2.05, 4.69) is 19.2 Å². The van der Waals surface area contributed by atoms with E-state index in [1.54, 1.807) is 0 Å². The molecule has 0 spiro atoms. The zero-order valence-electron chi connectivity index (χ0n) is 12.4. The minimum absolute atomic E-state index is 0. The fraction of sp³-hybridized carbons (Fsp3) is 0.588. The summed E-state index contributed by atoms with van der Waals surface area (Å²) in [5.41, 5.74) is 2.18. The Morgan fingerprint density at radius 3 is 2.15 bits per heavy atom. The van der Waals surface area contributed by atoms with Gasteiger partial charge in [0.15, 0.2) is 0 Å². The molecule has 1 aromatic rings. The molecule has 1 amide bonds. The highest BCUT2D eigenvalue weighted by molar-refractivity contribution is 5.78. The first-order valence-electron chi connectivity index (χ1n) is 6.93. The van der Waals surface area contributed by atoms with Crippen LogP contribution < -0.4 is 5.32 Å². The largest absolute Gasteiger partial charge is 0.374 e. The summed E-state index contributed by atoms with van der Waals surface area (Å²) in [6, 6.07) is 8.03. The van der Waals surface area contributed by atoms with E-state index in [-0.39, 0.29) is 19.4 Å². The van der Waals surface area contributed by atoms with Gasteiger partial charge in [-0.3, -0.25) is 4.79 Å². The van der Waals surface area contributed by atoms with Crippen LogP contribution in [0, 0.1) is 5.92 Å². The average Bonchev–Trinajstić information content (AvgIpc) is 2.35. The molecular weight excluding hydrogens is 250 g/mol. The molecule has 0 heterocycles. The van der Waals surface area contributed by atoms with E-state index in [1.807, 2.05) is 38.1 Å². The zero-order chi connectivity index (χ0) is 14.3. The third kappa shape index (κ3) is 7.95. The van der Waals surface area contributed by atoms with Crippen LogP contribution in [-0.4, -0.2) is 18.6 Å². The summed E-state index contributed by atoms with van der Waals surface area (Å²) in [5.74, 6) is 0.569. The predicted molar refractivity (Wildman–Crippen MR) is 84.6 cm³/mol. The Hall–Kier alpha value is -1.35. The third-order valence-corrected chi connectivity index (χ3v) is 2.68. The van der Waals surface area contributed by atoms with E-state index in [9.17, 15) is 4.79 Å². The van der Waals surface area contributed by atoms with Gasteiger partial charge in [0.2, 0.25) is 5.91 Å². The Morgan fingerprint density at radius 2 is 1.65 bits per heavy atom. The topological polar surface area (TPSA) is 38.3 Å². The number of benzene rings is 1. The maximum atomic E-state index is 11.7. The van der Waals surface area contributed by atoms with Crippen LogP contribution in [0.15, 0.2) is 24.3 Å². The monoisotopic (exact) mass is 279 g/mol. The van der Waals surface area contributed by atoms with Gasteiger partial charge in [0.05, 0.1) is 19.1 Å². The van der Waals surface area contributed by atoms with Gasteiger partial charge < -0.3 is 10.1 Å². The van der Waals surface area contributed by atoms with Crippen molar-refractivity contribution in [3.63, 3.8) is 0 Å². The van der Waals surface area contributed by atoms with Crippen molar-refractivity contribution in [2.45, 2.75) is 54.3 Å². The van der Waals surface area contributed by atoms with Crippen molar-refractivity contribution in [3.05, 3.63) is 35.4 Å². The molecule has 3 heteroatoms. The van der Waals surface area contributed by atoms with Crippen LogP contribution in [0.4, 0.5) is 0 Å². The molecular formula is C17H29NO2. The molecule has 0 aliphatic rings. The number of carbonyl (C=O) groups excluding carboxylic acids is 1. The van der Waals surface area contributed by atoms with E-state index in [0.717, 1.165) is 17.7 Å². The third-order valence-electron chi connectivity index (χ3n) is 2.68. The van der Waals surface area contributed by atoms with Crippen LogP contribution >= 0.6 is 0 Å². The SMILES string of the molecule is C.CC(C)CNC(=O)Cc1ccc(COC(C)C)cc1. The predicted octanol–water partition coefficient (Wildman–Crippen LogP) is 3.56. The minimum atomic E-state index is 0. The number of hydrogen-bond acceptors (Lipinski definition) is 2. The van der Waals surface area contributed by atoms with Crippen molar-refractivity contribution in [1.82, 2.24) is 5.32 Å². The quantitative estimate of drug-likeness (QED) is 0.828. The maximum absolute atomic E-state index is 11.7. The van der Waals surface area contributed by atoms with E-state index >= 15 is 0 Å². The summed E-state index contributed by atoms with van der Waals surface area (Å²) in [6.45, 7) is 9.57. The highest BCUT2D eigenvalue weighted by atomic mass is 16.5. The fourth-order valence-corrected chi connectivity index (χ4v) is 1.58. The lowest BCUT2D eigenvalue weighted by Gasteiger charge is -2.09. The van der Waals surface area contributed by atoms with Crippen molar-refractivity contribution in [3.8, 4) is 0 Å². The van der Waals surface area contributed by atoms with Gasteiger partial charge in [-0.05, 0) is 30.9 Å². The first-order chi connectivity index (χ1) is 8.97. The average molecular weight is 279 g/mol. The second-order valence-electron chi connectivity index (χ2n) is 5.55. The van der Waals surface area contributed by atoms with Crippen molar-refractivity contribution in [1.29, 1.82) is 0 Å². The highest BCUT2D eigenvalue weighted by Gasteiger charge is 2.04. The van der Waals surface area contributed by atoms with Crippen LogP contribution in [0.25, 0.3) is 0 Å². The molecule has 0 aliphatic carbocycles. The first-order valence-corrected chi connectivity index (χ1v) is 6.93. The Labute approximate surface area is 123 Å². The Kier molecular flexibility index (Phi) is 8.89. The molecule has 0 saturated carbocycles. The smallest absolute Gasteiger partial charge is 0.224 e. The van der Waals surface area contributed by atoms with Gasteiger partial charge in [-0.1, -0.05) is 45.5 Å². The van der Waals surface area contributed by atoms with Crippen molar-refractivity contribution in [2.75, 3.05) is 6.54 Å². The lowest BCUT2D eigenvalue weighted by Crippen LogP contribution is -2.28. The minimum Gasteiger partial charge on any atom is -0.374 e. The number of nitrogens with one attached hydrogen (secondary N) is 1. The summed E-state index contributed by atoms with van der Waals surface area (Å²) in [4.78, 5) is 11.7. The summed E-state index contributed by atoms with van der Waals surface area (Å²) < 4.78 is 5.53. The van der Waals surface area contributed by atoms with Crippen molar-refractivity contribution < 1.29 is 9.53 Å². The molecule has 0 aromatic heterocycles.